The molecule has 0 spiro atoms. The molecule has 0 aliphatic carbocycles. The Bertz CT molecular complexity index is 535. The topological polar surface area (TPSA) is 48.9 Å². The summed E-state index contributed by atoms with van der Waals surface area (Å²) >= 11 is 0. The number of nitrogens with zero attached hydrogens (tertiary/aromatic N) is 1. The van der Waals surface area contributed by atoms with E-state index >= 15 is 0 Å². The Balaban J connectivity index is 2.51. The zero-order valence-electron chi connectivity index (χ0n) is 10.7. The normalized spacial score (nSPS) is 11.8. The molecule has 0 saturated heterocycles. The van der Waals surface area contributed by atoms with Crippen molar-refractivity contribution in [2.75, 3.05) is 0 Å². The zero-order chi connectivity index (χ0) is 12.6. The van der Waals surface area contributed by atoms with E-state index in [9.17, 15) is 5.11 Å². The molecule has 0 aliphatic rings. The van der Waals surface area contributed by atoms with Crippen LogP contribution in [0.1, 0.15) is 32.0 Å². The summed E-state index contributed by atoms with van der Waals surface area (Å²) in [5.41, 5.74) is 3.83. The first-order valence-electron chi connectivity index (χ1n) is 5.74. The number of rotatable bonds is 1. The van der Waals surface area contributed by atoms with Crippen molar-refractivity contribution >= 4 is 0 Å². The van der Waals surface area contributed by atoms with Gasteiger partial charge in [0.05, 0.1) is 5.69 Å². The van der Waals surface area contributed by atoms with E-state index < -0.39 is 0 Å². The summed E-state index contributed by atoms with van der Waals surface area (Å²) in [6.45, 7) is 8.23. The van der Waals surface area contributed by atoms with Gasteiger partial charge in [0.25, 0.3) is 0 Å². The number of H-pyrrole nitrogens is 1. The van der Waals surface area contributed by atoms with E-state index in [1.54, 1.807) is 6.07 Å². The molecule has 0 radical (unpaired) electrons. The SMILES string of the molecule is Cc1cc(-c2ccc(O)c(C(C)(C)C)c2)n[nH]1. The van der Waals surface area contributed by atoms with Crippen molar-refractivity contribution in [3.05, 3.63) is 35.5 Å². The number of aryl methyl sites for hydroxylation is 1. The second kappa shape index (κ2) is 3.91. The van der Waals surface area contributed by atoms with Crippen LogP contribution in [-0.2, 0) is 5.41 Å². The minimum Gasteiger partial charge on any atom is -0.508 e. The van der Waals surface area contributed by atoms with Crippen LogP contribution in [-0.4, -0.2) is 15.3 Å². The molecule has 17 heavy (non-hydrogen) atoms. The van der Waals surface area contributed by atoms with Crippen LogP contribution in [0.5, 0.6) is 5.75 Å². The van der Waals surface area contributed by atoms with Gasteiger partial charge in [-0.1, -0.05) is 20.8 Å². The smallest absolute Gasteiger partial charge is 0.119 e. The minimum absolute atomic E-state index is 0.0779. The highest BCUT2D eigenvalue weighted by atomic mass is 16.3. The fourth-order valence-electron chi connectivity index (χ4n) is 1.86. The molecular formula is C14H18N2O. The second-order valence-electron chi connectivity index (χ2n) is 5.42. The Morgan fingerprint density at radius 3 is 2.41 bits per heavy atom. The van der Waals surface area contributed by atoms with Gasteiger partial charge in [-0.3, -0.25) is 5.10 Å². The number of hydrogen-bond acceptors (Lipinski definition) is 2. The molecule has 2 aromatic rings. The van der Waals surface area contributed by atoms with Gasteiger partial charge in [0.15, 0.2) is 0 Å². The lowest BCUT2D eigenvalue weighted by Gasteiger charge is -2.20. The molecule has 0 amide bonds. The quantitative estimate of drug-likeness (QED) is 0.789. The molecule has 90 valence electrons. The lowest BCUT2D eigenvalue weighted by molar-refractivity contribution is 0.447. The van der Waals surface area contributed by atoms with Gasteiger partial charge in [0.1, 0.15) is 5.75 Å². The first-order chi connectivity index (χ1) is 7.88. The monoisotopic (exact) mass is 230 g/mol. The number of benzene rings is 1. The average Bonchev–Trinajstić information content (AvgIpc) is 2.64. The van der Waals surface area contributed by atoms with Crippen molar-refractivity contribution in [2.24, 2.45) is 0 Å². The third-order valence-corrected chi connectivity index (χ3v) is 2.81. The lowest BCUT2D eigenvalue weighted by atomic mass is 9.85. The van der Waals surface area contributed by atoms with Crippen molar-refractivity contribution in [3.8, 4) is 17.0 Å². The summed E-state index contributed by atoms with van der Waals surface area (Å²) < 4.78 is 0. The van der Waals surface area contributed by atoms with Crippen molar-refractivity contribution in [2.45, 2.75) is 33.1 Å². The molecule has 1 heterocycles. The zero-order valence-corrected chi connectivity index (χ0v) is 10.7. The van der Waals surface area contributed by atoms with Gasteiger partial charge >= 0.3 is 0 Å². The lowest BCUT2D eigenvalue weighted by Crippen LogP contribution is -2.11. The highest BCUT2D eigenvalue weighted by Crippen LogP contribution is 2.33. The van der Waals surface area contributed by atoms with Gasteiger partial charge in [0, 0.05) is 11.3 Å². The number of phenols is 1. The largest absolute Gasteiger partial charge is 0.508 e. The summed E-state index contributed by atoms with van der Waals surface area (Å²) in [7, 11) is 0. The molecule has 2 rings (SSSR count). The molecule has 0 atom stereocenters. The van der Waals surface area contributed by atoms with Crippen LogP contribution in [0.15, 0.2) is 24.3 Å². The summed E-state index contributed by atoms with van der Waals surface area (Å²) in [5.74, 6) is 0.341. The summed E-state index contributed by atoms with van der Waals surface area (Å²) in [6.07, 6.45) is 0. The molecule has 1 aromatic heterocycles. The van der Waals surface area contributed by atoms with Crippen LogP contribution in [0.25, 0.3) is 11.3 Å². The maximum atomic E-state index is 9.89. The van der Waals surface area contributed by atoms with Crippen molar-refractivity contribution < 1.29 is 5.11 Å². The predicted octanol–water partition coefficient (Wildman–Crippen LogP) is 3.39. The third-order valence-electron chi connectivity index (χ3n) is 2.81. The number of nitrogens with one attached hydrogen (secondary N) is 1. The first kappa shape index (κ1) is 11.7. The van der Waals surface area contributed by atoms with E-state index in [4.69, 9.17) is 0 Å². The molecule has 0 aliphatic heterocycles. The van der Waals surface area contributed by atoms with Crippen LogP contribution >= 0.6 is 0 Å². The Morgan fingerprint density at radius 1 is 1.18 bits per heavy atom. The molecule has 3 heteroatoms. The fraction of sp³-hybridized carbons (Fsp3) is 0.357. The maximum Gasteiger partial charge on any atom is 0.119 e. The number of aromatic nitrogens is 2. The molecule has 0 fully saturated rings. The molecule has 0 saturated carbocycles. The van der Waals surface area contributed by atoms with E-state index in [2.05, 4.69) is 31.0 Å². The van der Waals surface area contributed by atoms with Gasteiger partial charge < -0.3 is 5.11 Å². The fourth-order valence-corrected chi connectivity index (χ4v) is 1.86. The first-order valence-corrected chi connectivity index (χ1v) is 5.74. The Kier molecular flexibility index (Phi) is 2.69. The average molecular weight is 230 g/mol. The molecule has 0 unspecified atom stereocenters. The minimum atomic E-state index is -0.0779. The van der Waals surface area contributed by atoms with Crippen LogP contribution in [0.3, 0.4) is 0 Å². The second-order valence-corrected chi connectivity index (χ2v) is 5.42. The van der Waals surface area contributed by atoms with E-state index in [0.29, 0.717) is 5.75 Å². The molecule has 3 nitrogen and oxygen atoms in total. The van der Waals surface area contributed by atoms with E-state index in [1.807, 2.05) is 25.1 Å². The van der Waals surface area contributed by atoms with Gasteiger partial charge in [-0.25, -0.2) is 0 Å². The van der Waals surface area contributed by atoms with Crippen LogP contribution in [0.4, 0.5) is 0 Å². The number of aromatic amines is 1. The number of phenolic OH excluding ortho intramolecular Hbond substituents is 1. The molecule has 0 bridgehead atoms. The van der Waals surface area contributed by atoms with Crippen LogP contribution in [0, 0.1) is 6.92 Å². The molecule has 1 aromatic carbocycles. The predicted molar refractivity (Wildman–Crippen MR) is 69.1 cm³/mol. The summed E-state index contributed by atoms with van der Waals surface area (Å²) in [6, 6.07) is 7.63. The maximum absolute atomic E-state index is 9.89. The highest BCUT2D eigenvalue weighted by molar-refractivity contribution is 5.63. The third kappa shape index (κ3) is 2.33. The Morgan fingerprint density at radius 2 is 1.88 bits per heavy atom. The van der Waals surface area contributed by atoms with Gasteiger partial charge in [-0.05, 0) is 42.2 Å². The standard InChI is InChI=1S/C14H18N2O/c1-9-7-12(16-15-9)10-5-6-13(17)11(8-10)14(2,3)4/h5-8,17H,1-4H3,(H,15,16). The Hall–Kier alpha value is -1.77. The van der Waals surface area contributed by atoms with E-state index in [-0.39, 0.29) is 5.41 Å². The summed E-state index contributed by atoms with van der Waals surface area (Å²) in [4.78, 5) is 0. The van der Waals surface area contributed by atoms with Crippen molar-refractivity contribution in [1.29, 1.82) is 0 Å². The van der Waals surface area contributed by atoms with Gasteiger partial charge in [-0.15, -0.1) is 0 Å². The number of hydrogen-bond donors (Lipinski definition) is 2. The van der Waals surface area contributed by atoms with Crippen LogP contribution in [0.2, 0.25) is 0 Å². The van der Waals surface area contributed by atoms with Crippen LogP contribution < -0.4 is 0 Å². The molecule has 2 N–H and O–H groups in total. The Labute approximate surface area is 102 Å². The van der Waals surface area contributed by atoms with Crippen molar-refractivity contribution in [3.63, 3.8) is 0 Å². The summed E-state index contributed by atoms with van der Waals surface area (Å²) in [5, 5.41) is 17.1. The van der Waals surface area contributed by atoms with Gasteiger partial charge in [0.2, 0.25) is 0 Å². The number of aromatic hydroxyl groups is 1. The highest BCUT2D eigenvalue weighted by Gasteiger charge is 2.19. The molecular weight excluding hydrogens is 212 g/mol. The van der Waals surface area contributed by atoms with Crippen molar-refractivity contribution in [1.82, 2.24) is 10.2 Å². The van der Waals surface area contributed by atoms with Gasteiger partial charge in [-0.2, -0.15) is 5.10 Å². The van der Waals surface area contributed by atoms with E-state index in [1.165, 1.54) is 0 Å². The van der Waals surface area contributed by atoms with E-state index in [0.717, 1.165) is 22.5 Å².